The number of hydrogen-bond acceptors (Lipinski definition) is 6. The standard InChI is InChI=1S/C21H20F3N5O2/c22-21(23,24)15-10-13(2-1-12(15)9-18(25)31)29(7-8-30)20-19-14-5-6-26-16(14)3-4-17(19)27-11-28-20/h1-6,10-11,18,26,30-31H,7-9,25H2. The van der Waals surface area contributed by atoms with Crippen molar-refractivity contribution in [3.05, 3.63) is 60.0 Å². The van der Waals surface area contributed by atoms with Crippen LogP contribution in [0.15, 0.2) is 48.9 Å². The molecule has 4 aromatic rings. The number of alkyl halides is 3. The van der Waals surface area contributed by atoms with Crippen LogP contribution >= 0.6 is 0 Å². The van der Waals surface area contributed by atoms with Crippen LogP contribution in [0.2, 0.25) is 0 Å². The first-order chi connectivity index (χ1) is 14.8. The molecular weight excluding hydrogens is 411 g/mol. The minimum absolute atomic E-state index is 0.0169. The second kappa shape index (κ2) is 8.14. The Morgan fingerprint density at radius 2 is 1.94 bits per heavy atom. The Labute approximate surface area is 175 Å². The normalized spacial score (nSPS) is 13.1. The number of rotatable bonds is 6. The number of aliphatic hydroxyl groups is 2. The van der Waals surface area contributed by atoms with Gasteiger partial charge in [0.2, 0.25) is 0 Å². The molecule has 0 fully saturated rings. The minimum atomic E-state index is -4.65. The lowest BCUT2D eigenvalue weighted by Gasteiger charge is -2.26. The summed E-state index contributed by atoms with van der Waals surface area (Å²) in [5, 5.41) is 20.5. The number of nitrogens with zero attached hydrogens (tertiary/aromatic N) is 3. The SMILES string of the molecule is NC(O)Cc1ccc(N(CCO)c2ncnc3ccc4[nH]ccc4c23)cc1C(F)(F)F. The molecular formula is C21H20F3N5O2. The van der Waals surface area contributed by atoms with Crippen molar-refractivity contribution in [2.24, 2.45) is 5.73 Å². The summed E-state index contributed by atoms with van der Waals surface area (Å²) in [6.07, 6.45) is -3.30. The summed E-state index contributed by atoms with van der Waals surface area (Å²) in [5.41, 5.74) is 5.94. The average molecular weight is 431 g/mol. The summed E-state index contributed by atoms with van der Waals surface area (Å²) < 4.78 is 41.2. The van der Waals surface area contributed by atoms with E-state index in [9.17, 15) is 23.4 Å². The molecule has 5 N–H and O–H groups in total. The number of halogens is 3. The highest BCUT2D eigenvalue weighted by Gasteiger charge is 2.34. The summed E-state index contributed by atoms with van der Waals surface area (Å²) in [7, 11) is 0. The lowest BCUT2D eigenvalue weighted by Crippen LogP contribution is -2.25. The van der Waals surface area contributed by atoms with Crippen molar-refractivity contribution in [2.45, 2.75) is 18.8 Å². The molecule has 162 valence electrons. The highest BCUT2D eigenvalue weighted by molar-refractivity contribution is 6.11. The van der Waals surface area contributed by atoms with Gasteiger partial charge in [-0.1, -0.05) is 6.07 Å². The number of hydrogen-bond donors (Lipinski definition) is 4. The van der Waals surface area contributed by atoms with Crippen molar-refractivity contribution in [3.63, 3.8) is 0 Å². The molecule has 0 amide bonds. The third-order valence-electron chi connectivity index (χ3n) is 5.03. The molecule has 0 aliphatic rings. The number of nitrogens with one attached hydrogen (secondary N) is 1. The van der Waals surface area contributed by atoms with E-state index in [1.165, 1.54) is 23.4 Å². The Balaban J connectivity index is 1.92. The van der Waals surface area contributed by atoms with Gasteiger partial charge in [0.15, 0.2) is 0 Å². The van der Waals surface area contributed by atoms with E-state index in [-0.39, 0.29) is 30.8 Å². The topological polar surface area (TPSA) is 111 Å². The summed E-state index contributed by atoms with van der Waals surface area (Å²) in [4.78, 5) is 13.2. The van der Waals surface area contributed by atoms with Crippen LogP contribution in [-0.4, -0.2) is 44.5 Å². The number of aromatic nitrogens is 3. The smallest absolute Gasteiger partial charge is 0.395 e. The van der Waals surface area contributed by atoms with Gasteiger partial charge in [-0.3, -0.25) is 0 Å². The van der Waals surface area contributed by atoms with Gasteiger partial charge in [0.25, 0.3) is 0 Å². The molecule has 1 atom stereocenters. The van der Waals surface area contributed by atoms with Gasteiger partial charge in [0.1, 0.15) is 18.4 Å². The van der Waals surface area contributed by atoms with E-state index >= 15 is 0 Å². The maximum Gasteiger partial charge on any atom is 0.416 e. The molecule has 0 aliphatic carbocycles. The zero-order chi connectivity index (χ0) is 22.2. The Morgan fingerprint density at radius 3 is 2.65 bits per heavy atom. The molecule has 31 heavy (non-hydrogen) atoms. The van der Waals surface area contributed by atoms with Crippen LogP contribution in [0.1, 0.15) is 11.1 Å². The largest absolute Gasteiger partial charge is 0.416 e. The van der Waals surface area contributed by atoms with E-state index in [4.69, 9.17) is 5.73 Å². The number of nitrogens with two attached hydrogens (primary N) is 1. The van der Waals surface area contributed by atoms with Crippen LogP contribution in [0.25, 0.3) is 21.8 Å². The fourth-order valence-corrected chi connectivity index (χ4v) is 3.74. The second-order valence-corrected chi connectivity index (χ2v) is 7.08. The number of fused-ring (bicyclic) bond motifs is 3. The van der Waals surface area contributed by atoms with E-state index in [0.717, 1.165) is 17.0 Å². The van der Waals surface area contributed by atoms with Gasteiger partial charge in [0.05, 0.1) is 23.1 Å². The van der Waals surface area contributed by atoms with E-state index in [2.05, 4.69) is 15.0 Å². The van der Waals surface area contributed by atoms with Gasteiger partial charge in [-0.2, -0.15) is 13.2 Å². The zero-order valence-corrected chi connectivity index (χ0v) is 16.3. The number of aliphatic hydroxyl groups excluding tert-OH is 2. The Morgan fingerprint density at radius 1 is 1.13 bits per heavy atom. The molecule has 0 saturated carbocycles. The van der Waals surface area contributed by atoms with Crippen molar-refractivity contribution < 1.29 is 23.4 Å². The highest BCUT2D eigenvalue weighted by atomic mass is 19.4. The van der Waals surface area contributed by atoms with Crippen molar-refractivity contribution in [2.75, 3.05) is 18.1 Å². The van der Waals surface area contributed by atoms with Gasteiger partial charge in [-0.15, -0.1) is 0 Å². The lowest BCUT2D eigenvalue weighted by molar-refractivity contribution is -0.138. The number of aromatic amines is 1. The van der Waals surface area contributed by atoms with Crippen LogP contribution in [0.5, 0.6) is 0 Å². The monoisotopic (exact) mass is 431 g/mol. The van der Waals surface area contributed by atoms with E-state index in [1.807, 2.05) is 12.1 Å². The molecule has 2 heterocycles. The summed E-state index contributed by atoms with van der Waals surface area (Å²) in [6, 6.07) is 9.26. The van der Waals surface area contributed by atoms with Crippen LogP contribution in [0.4, 0.5) is 24.7 Å². The predicted octanol–water partition coefficient (Wildman–Crippen LogP) is 3.08. The van der Waals surface area contributed by atoms with Crippen LogP contribution in [0.3, 0.4) is 0 Å². The molecule has 7 nitrogen and oxygen atoms in total. The van der Waals surface area contributed by atoms with Crippen molar-refractivity contribution in [1.82, 2.24) is 15.0 Å². The van der Waals surface area contributed by atoms with Crippen molar-refractivity contribution >= 4 is 33.3 Å². The third-order valence-corrected chi connectivity index (χ3v) is 5.03. The lowest BCUT2D eigenvalue weighted by atomic mass is 10.0. The molecule has 0 saturated heterocycles. The van der Waals surface area contributed by atoms with Gasteiger partial charge in [-0.25, -0.2) is 9.97 Å². The first-order valence-electron chi connectivity index (χ1n) is 9.52. The molecule has 2 aromatic heterocycles. The Bertz CT molecular complexity index is 1220. The zero-order valence-electron chi connectivity index (χ0n) is 16.3. The van der Waals surface area contributed by atoms with E-state index in [1.54, 1.807) is 12.3 Å². The summed E-state index contributed by atoms with van der Waals surface area (Å²) >= 11 is 0. The fourth-order valence-electron chi connectivity index (χ4n) is 3.74. The number of benzene rings is 2. The summed E-state index contributed by atoms with van der Waals surface area (Å²) in [5.74, 6) is 0.379. The molecule has 1 unspecified atom stereocenters. The fraction of sp³-hybridized carbons (Fsp3) is 0.238. The van der Waals surface area contributed by atoms with Gasteiger partial charge in [-0.05, 0) is 35.9 Å². The first-order valence-corrected chi connectivity index (χ1v) is 9.52. The Kier molecular flexibility index (Phi) is 5.52. The second-order valence-electron chi connectivity index (χ2n) is 7.08. The van der Waals surface area contributed by atoms with E-state index < -0.39 is 18.0 Å². The van der Waals surface area contributed by atoms with E-state index in [0.29, 0.717) is 16.7 Å². The molecule has 0 aliphatic heterocycles. The average Bonchev–Trinajstić information content (AvgIpc) is 3.20. The number of anilines is 2. The third kappa shape index (κ3) is 4.05. The molecule has 0 bridgehead atoms. The van der Waals surface area contributed by atoms with Crippen LogP contribution in [0, 0.1) is 0 Å². The molecule has 0 radical (unpaired) electrons. The first kappa shape index (κ1) is 21.0. The van der Waals surface area contributed by atoms with Crippen LogP contribution < -0.4 is 10.6 Å². The molecule has 2 aromatic carbocycles. The maximum atomic E-state index is 13.7. The number of H-pyrrole nitrogens is 1. The maximum absolute atomic E-state index is 13.7. The van der Waals surface area contributed by atoms with Crippen molar-refractivity contribution in [1.29, 1.82) is 0 Å². The van der Waals surface area contributed by atoms with Gasteiger partial charge >= 0.3 is 6.18 Å². The highest BCUT2D eigenvalue weighted by Crippen LogP contribution is 2.38. The Hall–Kier alpha value is -3.21. The van der Waals surface area contributed by atoms with Crippen molar-refractivity contribution in [3.8, 4) is 0 Å². The summed E-state index contributed by atoms with van der Waals surface area (Å²) in [6.45, 7) is -0.289. The molecule has 4 rings (SSSR count). The van der Waals surface area contributed by atoms with Gasteiger partial charge in [0, 0.05) is 35.8 Å². The molecule has 10 heteroatoms. The molecule has 0 spiro atoms. The quantitative estimate of drug-likeness (QED) is 0.349. The minimum Gasteiger partial charge on any atom is -0.395 e. The predicted molar refractivity (Wildman–Crippen MR) is 111 cm³/mol. The van der Waals surface area contributed by atoms with Crippen LogP contribution in [-0.2, 0) is 12.6 Å². The van der Waals surface area contributed by atoms with Gasteiger partial charge < -0.3 is 25.8 Å².